The molecule has 1 unspecified atom stereocenters. The van der Waals surface area contributed by atoms with E-state index in [9.17, 15) is 14.9 Å². The van der Waals surface area contributed by atoms with Crippen molar-refractivity contribution >= 4 is 30.1 Å². The van der Waals surface area contributed by atoms with E-state index in [-0.39, 0.29) is 6.04 Å². The fourth-order valence-electron chi connectivity index (χ4n) is 4.90. The van der Waals surface area contributed by atoms with Gasteiger partial charge in [-0.3, -0.25) is 9.99 Å². The molecule has 0 aliphatic carbocycles. The lowest BCUT2D eigenvalue weighted by Crippen LogP contribution is -2.45. The number of aromatic nitrogens is 2. The minimum atomic E-state index is -0.900. The van der Waals surface area contributed by atoms with Gasteiger partial charge in [0.2, 0.25) is 5.95 Å². The van der Waals surface area contributed by atoms with Gasteiger partial charge in [0.25, 0.3) is 0 Å². The van der Waals surface area contributed by atoms with Crippen LogP contribution < -0.4 is 21.6 Å². The van der Waals surface area contributed by atoms with Crippen LogP contribution in [0.2, 0.25) is 0 Å². The predicted octanol–water partition coefficient (Wildman–Crippen LogP) is 3.77. The van der Waals surface area contributed by atoms with Crippen LogP contribution in [0, 0.1) is 28.6 Å². The number of hydrazine groups is 2. The number of halogens is 1. The van der Waals surface area contributed by atoms with Crippen LogP contribution >= 0.6 is 0 Å². The average Bonchev–Trinajstić information content (AvgIpc) is 3.43. The Hall–Kier alpha value is -5.13. The maximum absolute atomic E-state index is 13.7. The summed E-state index contributed by atoms with van der Waals surface area (Å²) in [5.41, 5.74) is 10.2. The summed E-state index contributed by atoms with van der Waals surface area (Å²) in [4.78, 5) is 8.34. The molecule has 2 aromatic heterocycles. The van der Waals surface area contributed by atoms with Crippen LogP contribution in [0.3, 0.4) is 0 Å². The van der Waals surface area contributed by atoms with Gasteiger partial charge < -0.3 is 16.1 Å². The normalized spacial score (nSPS) is 14.8. The van der Waals surface area contributed by atoms with E-state index < -0.39 is 11.4 Å². The average molecular weight is 531 g/mol. The van der Waals surface area contributed by atoms with Gasteiger partial charge >= 0.3 is 0 Å². The van der Waals surface area contributed by atoms with E-state index in [2.05, 4.69) is 50.6 Å². The van der Waals surface area contributed by atoms with Crippen LogP contribution in [0.4, 0.5) is 15.8 Å². The molecule has 0 amide bonds. The van der Waals surface area contributed by atoms with Gasteiger partial charge in [-0.15, -0.1) is 5.53 Å². The van der Waals surface area contributed by atoms with Crippen molar-refractivity contribution in [3.05, 3.63) is 107 Å². The second kappa shape index (κ2) is 10.9. The van der Waals surface area contributed by atoms with Crippen molar-refractivity contribution < 1.29 is 4.39 Å². The predicted molar refractivity (Wildman–Crippen MR) is 154 cm³/mol. The number of rotatable bonds is 8. The Morgan fingerprint density at radius 1 is 1.07 bits per heavy atom. The molecule has 2 atom stereocenters. The van der Waals surface area contributed by atoms with Crippen molar-refractivity contribution in [2.24, 2.45) is 0 Å². The zero-order valence-corrected chi connectivity index (χ0v) is 22.3. The summed E-state index contributed by atoms with van der Waals surface area (Å²) in [6.45, 7) is 2.07. The Morgan fingerprint density at radius 3 is 2.48 bits per heavy atom. The zero-order chi connectivity index (χ0) is 28.3. The monoisotopic (exact) mass is 531 g/mol. The van der Waals surface area contributed by atoms with E-state index in [1.807, 2.05) is 57.5 Å². The first-order valence-corrected chi connectivity index (χ1v) is 12.8. The Labute approximate surface area is 232 Å². The van der Waals surface area contributed by atoms with Crippen LogP contribution in [-0.4, -0.2) is 29.9 Å². The molecular formula is C29H27BFN9. The highest BCUT2D eigenvalue weighted by atomic mass is 19.1. The van der Waals surface area contributed by atoms with Crippen LogP contribution in [-0.2, 0) is 5.44 Å². The molecule has 11 heteroatoms. The van der Waals surface area contributed by atoms with E-state index in [0.29, 0.717) is 39.0 Å². The molecule has 2 aromatic carbocycles. The van der Waals surface area contributed by atoms with E-state index in [1.54, 1.807) is 17.1 Å². The fraction of sp³-hybridized carbons (Fsp3) is 0.172. The number of anilines is 2. The molecule has 3 heterocycles. The summed E-state index contributed by atoms with van der Waals surface area (Å²) < 4.78 is 13.7. The molecular weight excluding hydrogens is 504 g/mol. The van der Waals surface area contributed by atoms with Gasteiger partial charge in [-0.05, 0) is 35.7 Å². The number of nitrogens with one attached hydrogen (secondary N) is 4. The Morgan fingerprint density at radius 2 is 1.85 bits per heavy atom. The summed E-state index contributed by atoms with van der Waals surface area (Å²) in [6.07, 6.45) is 5.62. The number of nitrogens with zero attached hydrogens (tertiary/aromatic N) is 5. The molecule has 9 nitrogen and oxygen atoms in total. The highest BCUT2D eigenvalue weighted by Crippen LogP contribution is 2.37. The number of nitriles is 2. The molecule has 5 rings (SSSR count). The van der Waals surface area contributed by atoms with E-state index in [0.717, 1.165) is 17.7 Å². The zero-order valence-electron chi connectivity index (χ0n) is 22.3. The van der Waals surface area contributed by atoms with E-state index >= 15 is 0 Å². The molecule has 198 valence electrons. The summed E-state index contributed by atoms with van der Waals surface area (Å²) in [5.74, 6) is -0.582. The van der Waals surface area contributed by atoms with Crippen LogP contribution in [0.1, 0.15) is 41.6 Å². The quantitative estimate of drug-likeness (QED) is 0.199. The summed E-state index contributed by atoms with van der Waals surface area (Å²) in [5, 5.41) is 29.5. The number of fused-ring (bicyclic) bond motifs is 1. The molecule has 1 aliphatic rings. The van der Waals surface area contributed by atoms with Gasteiger partial charge in [0.05, 0.1) is 39.5 Å². The Balaban J connectivity index is 1.66. The highest BCUT2D eigenvalue weighted by Gasteiger charge is 2.34. The Bertz CT molecular complexity index is 1660. The summed E-state index contributed by atoms with van der Waals surface area (Å²) >= 11 is 0. The van der Waals surface area contributed by atoms with Crippen molar-refractivity contribution in [2.75, 3.05) is 17.7 Å². The third kappa shape index (κ3) is 4.98. The topological polar surface area (TPSA) is 125 Å². The third-order valence-corrected chi connectivity index (χ3v) is 7.07. The first-order chi connectivity index (χ1) is 19.4. The van der Waals surface area contributed by atoms with E-state index in [1.165, 1.54) is 18.5 Å². The second-order valence-electron chi connectivity index (χ2n) is 9.72. The minimum Gasteiger partial charge on any atom is -0.378 e. The molecule has 1 aliphatic heterocycles. The lowest BCUT2D eigenvalue weighted by molar-refractivity contribution is 0.325. The minimum absolute atomic E-state index is 0.0638. The summed E-state index contributed by atoms with van der Waals surface area (Å²) in [6, 6.07) is 21.0. The fourth-order valence-corrected chi connectivity index (χ4v) is 4.90. The van der Waals surface area contributed by atoms with Crippen molar-refractivity contribution in [3.8, 4) is 12.1 Å². The number of benzene rings is 2. The SMILES string of the molecule is BC(Nc1cc(C#N)c2ncc(C#N)c(N[C@H](CC)c3ccccc3)c2c1)(C1=CN(C)NN1)c1ccc(F)nc1. The molecule has 0 spiro atoms. The smallest absolute Gasteiger partial charge is 0.212 e. The van der Waals surface area contributed by atoms with Gasteiger partial charge in [-0.1, -0.05) is 43.3 Å². The highest BCUT2D eigenvalue weighted by molar-refractivity contribution is 6.19. The first-order valence-electron chi connectivity index (χ1n) is 12.8. The standard InChI is InChI=1S/C29H27BFN9/c1-3-24(18-7-5-4-6-8-18)36-28-20(14-33)15-35-27-19(13-32)11-22(12-23(27)28)37-29(30,25-17-40(2)39-38-25)21-9-10-26(31)34-16-21/h4-12,15-17,24,37-39H,3,30H2,1-2H3,(H,35,36)/t24-,29?/m1/s1. The number of hydrogen-bond donors (Lipinski definition) is 4. The first kappa shape index (κ1) is 26.5. The Kier molecular flexibility index (Phi) is 7.24. The number of hydrogen-bond acceptors (Lipinski definition) is 9. The maximum atomic E-state index is 13.7. The van der Waals surface area contributed by atoms with Crippen LogP contribution in [0.25, 0.3) is 10.9 Å². The van der Waals surface area contributed by atoms with Crippen molar-refractivity contribution in [1.29, 1.82) is 10.5 Å². The van der Waals surface area contributed by atoms with E-state index in [4.69, 9.17) is 0 Å². The van der Waals surface area contributed by atoms with Crippen LogP contribution in [0.5, 0.6) is 0 Å². The molecule has 0 saturated carbocycles. The van der Waals surface area contributed by atoms with Crippen molar-refractivity contribution in [2.45, 2.75) is 24.8 Å². The van der Waals surface area contributed by atoms with Gasteiger partial charge in [-0.25, -0.2) is 4.98 Å². The lowest BCUT2D eigenvalue weighted by atomic mass is 9.70. The molecule has 0 radical (unpaired) electrons. The molecule has 0 bridgehead atoms. The number of pyridine rings is 2. The van der Waals surface area contributed by atoms with Gasteiger partial charge in [0.1, 0.15) is 20.0 Å². The maximum Gasteiger partial charge on any atom is 0.212 e. The van der Waals surface area contributed by atoms with Gasteiger partial charge in [0, 0.05) is 36.7 Å². The molecule has 4 aromatic rings. The molecule has 40 heavy (non-hydrogen) atoms. The largest absolute Gasteiger partial charge is 0.378 e. The molecule has 4 N–H and O–H groups in total. The third-order valence-electron chi connectivity index (χ3n) is 7.07. The molecule has 0 fully saturated rings. The lowest BCUT2D eigenvalue weighted by Gasteiger charge is -2.33. The van der Waals surface area contributed by atoms with Crippen molar-refractivity contribution in [3.63, 3.8) is 0 Å². The van der Waals surface area contributed by atoms with Crippen LogP contribution in [0.15, 0.2) is 78.9 Å². The van der Waals surface area contributed by atoms with Crippen molar-refractivity contribution in [1.82, 2.24) is 25.9 Å². The van der Waals surface area contributed by atoms with Gasteiger partial charge in [-0.2, -0.15) is 14.9 Å². The molecule has 0 saturated heterocycles. The second-order valence-corrected chi connectivity index (χ2v) is 9.72. The van der Waals surface area contributed by atoms with Gasteiger partial charge in [0.15, 0.2) is 0 Å². The summed E-state index contributed by atoms with van der Waals surface area (Å²) in [7, 11) is 3.78.